The minimum atomic E-state index is 0.303. The summed E-state index contributed by atoms with van der Waals surface area (Å²) in [6, 6.07) is 0. The molecule has 70 valence electrons. The Morgan fingerprint density at radius 3 is 2.17 bits per heavy atom. The van der Waals surface area contributed by atoms with Gasteiger partial charge in [-0.1, -0.05) is 26.7 Å². The van der Waals surface area contributed by atoms with E-state index in [1.807, 2.05) is 0 Å². The van der Waals surface area contributed by atoms with Gasteiger partial charge in [-0.25, -0.2) is 0 Å². The molecule has 0 amide bonds. The number of carbonyl (C=O) groups excluding carboxylic acids is 1. The standard InChI is InChI=1S/C11H20O/c1-8-4-6-11(7-5-8)9(2)10(3)12/h8-9,11H,4-7H2,1-3H3. The first-order chi connectivity index (χ1) is 5.61. The van der Waals surface area contributed by atoms with Crippen LogP contribution in [-0.4, -0.2) is 5.78 Å². The summed E-state index contributed by atoms with van der Waals surface area (Å²) >= 11 is 0. The molecular weight excluding hydrogens is 148 g/mol. The Bertz CT molecular complexity index is 154. The summed E-state index contributed by atoms with van der Waals surface area (Å²) in [4.78, 5) is 11.1. The van der Waals surface area contributed by atoms with Gasteiger partial charge in [-0.15, -0.1) is 0 Å². The highest BCUT2D eigenvalue weighted by Gasteiger charge is 2.25. The van der Waals surface area contributed by atoms with Crippen molar-refractivity contribution < 1.29 is 4.79 Å². The van der Waals surface area contributed by atoms with Crippen molar-refractivity contribution in [2.24, 2.45) is 17.8 Å². The van der Waals surface area contributed by atoms with E-state index in [4.69, 9.17) is 0 Å². The predicted molar refractivity (Wildman–Crippen MR) is 51.0 cm³/mol. The molecule has 0 aromatic rings. The van der Waals surface area contributed by atoms with Crippen molar-refractivity contribution >= 4 is 5.78 Å². The molecule has 1 unspecified atom stereocenters. The maximum absolute atomic E-state index is 11.1. The molecule has 1 rings (SSSR count). The van der Waals surface area contributed by atoms with Crippen molar-refractivity contribution in [2.75, 3.05) is 0 Å². The average Bonchev–Trinajstić information content (AvgIpc) is 2.04. The predicted octanol–water partition coefficient (Wildman–Crippen LogP) is 3.04. The topological polar surface area (TPSA) is 17.1 Å². The minimum absolute atomic E-state index is 0.303. The molecule has 12 heavy (non-hydrogen) atoms. The van der Waals surface area contributed by atoms with Crippen LogP contribution in [0.15, 0.2) is 0 Å². The van der Waals surface area contributed by atoms with Crippen molar-refractivity contribution in [1.82, 2.24) is 0 Å². The largest absolute Gasteiger partial charge is 0.300 e. The van der Waals surface area contributed by atoms with Gasteiger partial charge in [0.05, 0.1) is 0 Å². The van der Waals surface area contributed by atoms with E-state index in [1.54, 1.807) is 6.92 Å². The van der Waals surface area contributed by atoms with Gasteiger partial charge in [-0.05, 0) is 31.6 Å². The number of carbonyl (C=O) groups is 1. The van der Waals surface area contributed by atoms with Crippen LogP contribution in [-0.2, 0) is 4.79 Å². The first kappa shape index (κ1) is 9.76. The fourth-order valence-electron chi connectivity index (χ4n) is 2.12. The van der Waals surface area contributed by atoms with Crippen LogP contribution < -0.4 is 0 Å². The summed E-state index contributed by atoms with van der Waals surface area (Å²) in [5.41, 5.74) is 0. The zero-order valence-electron chi connectivity index (χ0n) is 8.47. The Balaban J connectivity index is 2.39. The van der Waals surface area contributed by atoms with E-state index in [0.717, 1.165) is 5.92 Å². The third-order valence-electron chi connectivity index (χ3n) is 3.41. The first-order valence-electron chi connectivity index (χ1n) is 5.11. The molecular formula is C11H20O. The molecule has 0 saturated heterocycles. The zero-order chi connectivity index (χ0) is 9.14. The second-order valence-electron chi connectivity index (χ2n) is 4.42. The van der Waals surface area contributed by atoms with Crippen LogP contribution >= 0.6 is 0 Å². The van der Waals surface area contributed by atoms with Crippen LogP contribution in [0, 0.1) is 17.8 Å². The smallest absolute Gasteiger partial charge is 0.132 e. The Morgan fingerprint density at radius 2 is 1.75 bits per heavy atom. The first-order valence-corrected chi connectivity index (χ1v) is 5.11. The monoisotopic (exact) mass is 168 g/mol. The zero-order valence-corrected chi connectivity index (χ0v) is 8.47. The molecule has 1 saturated carbocycles. The Labute approximate surface area is 75.5 Å². The summed E-state index contributed by atoms with van der Waals surface area (Å²) in [5.74, 6) is 2.24. The molecule has 1 fully saturated rings. The summed E-state index contributed by atoms with van der Waals surface area (Å²) in [7, 11) is 0. The van der Waals surface area contributed by atoms with Crippen LogP contribution in [0.1, 0.15) is 46.5 Å². The molecule has 0 bridgehead atoms. The van der Waals surface area contributed by atoms with E-state index in [2.05, 4.69) is 13.8 Å². The van der Waals surface area contributed by atoms with Crippen LogP contribution in [0.25, 0.3) is 0 Å². The molecule has 1 nitrogen and oxygen atoms in total. The summed E-state index contributed by atoms with van der Waals surface area (Å²) in [6.45, 7) is 6.13. The molecule has 1 heteroatoms. The third kappa shape index (κ3) is 2.33. The SMILES string of the molecule is CC(=O)C(C)C1CCC(C)CC1. The lowest BCUT2D eigenvalue weighted by atomic mass is 9.76. The molecule has 0 spiro atoms. The van der Waals surface area contributed by atoms with E-state index >= 15 is 0 Å². The summed E-state index contributed by atoms with van der Waals surface area (Å²) < 4.78 is 0. The Hall–Kier alpha value is -0.330. The van der Waals surface area contributed by atoms with Crippen LogP contribution in [0.3, 0.4) is 0 Å². The van der Waals surface area contributed by atoms with Crippen molar-refractivity contribution in [3.8, 4) is 0 Å². The van der Waals surface area contributed by atoms with Crippen LogP contribution in [0.4, 0.5) is 0 Å². The van der Waals surface area contributed by atoms with E-state index < -0.39 is 0 Å². The van der Waals surface area contributed by atoms with Gasteiger partial charge in [-0.3, -0.25) is 4.79 Å². The second-order valence-corrected chi connectivity index (χ2v) is 4.42. The number of ketones is 1. The molecule has 0 aliphatic heterocycles. The number of rotatable bonds is 2. The van der Waals surface area contributed by atoms with Crippen molar-refractivity contribution in [2.45, 2.75) is 46.5 Å². The summed E-state index contributed by atoms with van der Waals surface area (Å²) in [6.07, 6.45) is 5.18. The number of hydrogen-bond acceptors (Lipinski definition) is 1. The highest BCUT2D eigenvalue weighted by atomic mass is 16.1. The van der Waals surface area contributed by atoms with Crippen molar-refractivity contribution in [3.63, 3.8) is 0 Å². The lowest BCUT2D eigenvalue weighted by molar-refractivity contribution is -0.122. The molecule has 0 aromatic carbocycles. The van der Waals surface area contributed by atoms with Crippen LogP contribution in [0.2, 0.25) is 0 Å². The van der Waals surface area contributed by atoms with Crippen molar-refractivity contribution in [1.29, 1.82) is 0 Å². The van der Waals surface area contributed by atoms with Gasteiger partial charge in [-0.2, -0.15) is 0 Å². The van der Waals surface area contributed by atoms with Gasteiger partial charge in [0.25, 0.3) is 0 Å². The Morgan fingerprint density at radius 1 is 1.25 bits per heavy atom. The molecule has 0 heterocycles. The third-order valence-corrected chi connectivity index (χ3v) is 3.41. The maximum atomic E-state index is 11.1. The number of hydrogen-bond donors (Lipinski definition) is 0. The maximum Gasteiger partial charge on any atom is 0.132 e. The summed E-state index contributed by atoms with van der Waals surface area (Å²) in [5, 5.41) is 0. The Kier molecular flexibility index (Phi) is 3.30. The van der Waals surface area contributed by atoms with E-state index in [1.165, 1.54) is 25.7 Å². The lowest BCUT2D eigenvalue weighted by Gasteiger charge is -2.29. The average molecular weight is 168 g/mol. The van der Waals surface area contributed by atoms with Gasteiger partial charge in [0.2, 0.25) is 0 Å². The van der Waals surface area contributed by atoms with Gasteiger partial charge in [0, 0.05) is 5.92 Å². The van der Waals surface area contributed by atoms with Gasteiger partial charge >= 0.3 is 0 Å². The van der Waals surface area contributed by atoms with E-state index in [0.29, 0.717) is 17.6 Å². The molecule has 0 radical (unpaired) electrons. The molecule has 1 aliphatic rings. The quantitative estimate of drug-likeness (QED) is 0.619. The highest BCUT2D eigenvalue weighted by molar-refractivity contribution is 5.78. The van der Waals surface area contributed by atoms with Gasteiger partial charge in [0.15, 0.2) is 0 Å². The molecule has 0 aromatic heterocycles. The number of Topliss-reactive ketones (excluding diaryl/α,β-unsaturated/α-hetero) is 1. The van der Waals surface area contributed by atoms with Crippen LogP contribution in [0.5, 0.6) is 0 Å². The molecule has 1 atom stereocenters. The fourth-order valence-corrected chi connectivity index (χ4v) is 2.12. The van der Waals surface area contributed by atoms with Gasteiger partial charge < -0.3 is 0 Å². The normalized spacial score (nSPS) is 32.9. The van der Waals surface area contributed by atoms with E-state index in [9.17, 15) is 4.79 Å². The second kappa shape index (κ2) is 4.06. The van der Waals surface area contributed by atoms with E-state index in [-0.39, 0.29) is 0 Å². The van der Waals surface area contributed by atoms with Gasteiger partial charge in [0.1, 0.15) is 5.78 Å². The molecule has 1 aliphatic carbocycles. The lowest BCUT2D eigenvalue weighted by Crippen LogP contribution is -2.23. The fraction of sp³-hybridized carbons (Fsp3) is 0.909. The highest BCUT2D eigenvalue weighted by Crippen LogP contribution is 2.33. The van der Waals surface area contributed by atoms with Crippen molar-refractivity contribution in [3.05, 3.63) is 0 Å². The molecule has 0 N–H and O–H groups in total. The minimum Gasteiger partial charge on any atom is -0.300 e.